The first-order chi connectivity index (χ1) is 15.7. The van der Waals surface area contributed by atoms with Crippen molar-refractivity contribution >= 4 is 22.2 Å². The Balaban J connectivity index is 1.46. The number of aromatic amines is 1. The molecule has 0 saturated heterocycles. The second-order valence-electron chi connectivity index (χ2n) is 7.83. The van der Waals surface area contributed by atoms with E-state index in [4.69, 9.17) is 9.72 Å². The van der Waals surface area contributed by atoms with Crippen LogP contribution in [-0.2, 0) is 6.42 Å². The zero-order valence-corrected chi connectivity index (χ0v) is 17.4. The quantitative estimate of drug-likeness (QED) is 0.480. The maximum Gasteiger partial charge on any atom is 0.258 e. The van der Waals surface area contributed by atoms with Crippen molar-refractivity contribution in [2.75, 3.05) is 13.7 Å². The van der Waals surface area contributed by atoms with E-state index in [1.165, 1.54) is 0 Å². The molecule has 1 N–H and O–H groups in total. The number of nitrogens with one attached hydrogen (secondary N) is 1. The monoisotopic (exact) mass is 424 g/mol. The maximum atomic E-state index is 13.8. The molecule has 0 bridgehead atoms. The standard InChI is InChI=1S/C24H20N6O2/c1-32-17-6-7-21-18(12-28-30(21)13-17)24(31)29-9-8-19-22(27-14-26-19)23(29)20-10-15-4-2-3-5-16(15)11-25-20/h2-7,10-14,23H,8-9H2,1H3,(H,26,27)/t23-/m1/s1. The molecule has 0 unspecified atom stereocenters. The van der Waals surface area contributed by atoms with Crippen LogP contribution in [-0.4, -0.2) is 49.0 Å². The van der Waals surface area contributed by atoms with Gasteiger partial charge in [0.05, 0.1) is 48.3 Å². The molecule has 1 aromatic carbocycles. The number of hydrogen-bond acceptors (Lipinski definition) is 5. The molecule has 0 aliphatic carbocycles. The molecular weight excluding hydrogens is 404 g/mol. The summed E-state index contributed by atoms with van der Waals surface area (Å²) in [6.07, 6.45) is 7.63. The predicted octanol–water partition coefficient (Wildman–Crippen LogP) is 3.40. The van der Waals surface area contributed by atoms with Gasteiger partial charge < -0.3 is 14.6 Å². The van der Waals surface area contributed by atoms with Crippen molar-refractivity contribution in [2.45, 2.75) is 12.5 Å². The molecule has 158 valence electrons. The number of aromatic nitrogens is 5. The number of nitrogens with zero attached hydrogens (tertiary/aromatic N) is 5. The largest absolute Gasteiger partial charge is 0.495 e. The number of ether oxygens (including phenoxy) is 1. The van der Waals surface area contributed by atoms with Crippen molar-refractivity contribution in [3.63, 3.8) is 0 Å². The molecule has 1 aliphatic heterocycles. The Bertz CT molecular complexity index is 1470. The zero-order valence-electron chi connectivity index (χ0n) is 17.4. The second-order valence-corrected chi connectivity index (χ2v) is 7.83. The third kappa shape index (κ3) is 2.84. The summed E-state index contributed by atoms with van der Waals surface area (Å²) in [6.45, 7) is 0.556. The average molecular weight is 424 g/mol. The number of H-pyrrole nitrogens is 1. The van der Waals surface area contributed by atoms with Gasteiger partial charge in [0.2, 0.25) is 0 Å². The van der Waals surface area contributed by atoms with E-state index in [-0.39, 0.29) is 11.9 Å². The Labute approximate surface area is 183 Å². The smallest absolute Gasteiger partial charge is 0.258 e. The van der Waals surface area contributed by atoms with Crippen LogP contribution in [0.4, 0.5) is 0 Å². The fourth-order valence-corrected chi connectivity index (χ4v) is 4.45. The highest BCUT2D eigenvalue weighted by molar-refractivity contribution is 6.01. The lowest BCUT2D eigenvalue weighted by Gasteiger charge is -2.34. The number of benzene rings is 1. The molecule has 4 aromatic heterocycles. The highest BCUT2D eigenvalue weighted by Crippen LogP contribution is 2.35. The summed E-state index contributed by atoms with van der Waals surface area (Å²) in [4.78, 5) is 28.1. The van der Waals surface area contributed by atoms with E-state index in [0.29, 0.717) is 24.3 Å². The van der Waals surface area contributed by atoms with Crippen LogP contribution >= 0.6 is 0 Å². The van der Waals surface area contributed by atoms with Gasteiger partial charge in [0.25, 0.3) is 5.91 Å². The topological polar surface area (TPSA) is 88.4 Å². The third-order valence-corrected chi connectivity index (χ3v) is 6.07. The van der Waals surface area contributed by atoms with Crippen LogP contribution in [0.2, 0.25) is 0 Å². The molecule has 5 heterocycles. The molecule has 0 fully saturated rings. The van der Waals surface area contributed by atoms with Crippen LogP contribution in [0.1, 0.15) is 33.5 Å². The van der Waals surface area contributed by atoms with Crippen molar-refractivity contribution in [2.24, 2.45) is 0 Å². The molecule has 0 saturated carbocycles. The Morgan fingerprint density at radius 2 is 2.00 bits per heavy atom. The summed E-state index contributed by atoms with van der Waals surface area (Å²) in [6, 6.07) is 13.4. The normalized spacial score (nSPS) is 15.8. The highest BCUT2D eigenvalue weighted by atomic mass is 16.5. The summed E-state index contributed by atoms with van der Waals surface area (Å²) < 4.78 is 6.94. The summed E-state index contributed by atoms with van der Waals surface area (Å²) in [5.74, 6) is 0.579. The van der Waals surface area contributed by atoms with Crippen molar-refractivity contribution < 1.29 is 9.53 Å². The van der Waals surface area contributed by atoms with Gasteiger partial charge in [0, 0.05) is 30.2 Å². The average Bonchev–Trinajstić information content (AvgIpc) is 3.49. The number of hydrogen-bond donors (Lipinski definition) is 1. The van der Waals surface area contributed by atoms with E-state index >= 15 is 0 Å². The number of fused-ring (bicyclic) bond motifs is 3. The number of carbonyl (C=O) groups excluding carboxylic acids is 1. The van der Waals surface area contributed by atoms with Gasteiger partial charge >= 0.3 is 0 Å². The van der Waals surface area contributed by atoms with Crippen LogP contribution in [0, 0.1) is 0 Å². The van der Waals surface area contributed by atoms with E-state index in [9.17, 15) is 4.79 Å². The third-order valence-electron chi connectivity index (χ3n) is 6.07. The van der Waals surface area contributed by atoms with Gasteiger partial charge in [-0.15, -0.1) is 0 Å². The molecular formula is C24H20N6O2. The van der Waals surface area contributed by atoms with E-state index in [0.717, 1.165) is 33.4 Å². The molecule has 6 rings (SSSR count). The Hall–Kier alpha value is -4.20. The van der Waals surface area contributed by atoms with Crippen LogP contribution in [0.15, 0.2) is 67.4 Å². The molecule has 5 aromatic rings. The first-order valence-electron chi connectivity index (χ1n) is 10.4. The first-order valence-corrected chi connectivity index (χ1v) is 10.4. The lowest BCUT2D eigenvalue weighted by Crippen LogP contribution is -2.41. The molecule has 8 nitrogen and oxygen atoms in total. The predicted molar refractivity (Wildman–Crippen MR) is 119 cm³/mol. The summed E-state index contributed by atoms with van der Waals surface area (Å²) in [5, 5.41) is 6.51. The van der Waals surface area contributed by atoms with E-state index < -0.39 is 0 Å². The number of methoxy groups -OCH3 is 1. The molecule has 0 radical (unpaired) electrons. The summed E-state index contributed by atoms with van der Waals surface area (Å²) in [5.41, 5.74) is 3.94. The van der Waals surface area contributed by atoms with Gasteiger partial charge in [-0.1, -0.05) is 24.3 Å². The second kappa shape index (κ2) is 7.19. The zero-order chi connectivity index (χ0) is 21.7. The molecule has 8 heteroatoms. The van der Waals surface area contributed by atoms with Gasteiger partial charge in [-0.2, -0.15) is 5.10 Å². The van der Waals surface area contributed by atoms with Gasteiger partial charge in [0.15, 0.2) is 0 Å². The number of imidazole rings is 1. The lowest BCUT2D eigenvalue weighted by molar-refractivity contribution is 0.0689. The van der Waals surface area contributed by atoms with Gasteiger partial charge in [0.1, 0.15) is 11.8 Å². The minimum absolute atomic E-state index is 0.0984. The molecule has 1 aliphatic rings. The van der Waals surface area contributed by atoms with Crippen LogP contribution in [0.25, 0.3) is 16.3 Å². The first kappa shape index (κ1) is 18.6. The minimum atomic E-state index is -0.379. The minimum Gasteiger partial charge on any atom is -0.495 e. The number of rotatable bonds is 3. The molecule has 32 heavy (non-hydrogen) atoms. The molecule has 1 amide bonds. The van der Waals surface area contributed by atoms with Crippen LogP contribution < -0.4 is 4.74 Å². The summed E-state index contributed by atoms with van der Waals surface area (Å²) in [7, 11) is 1.60. The number of carbonyl (C=O) groups is 1. The van der Waals surface area contributed by atoms with Crippen molar-refractivity contribution in [3.05, 3.63) is 90.0 Å². The van der Waals surface area contributed by atoms with Crippen LogP contribution in [0.3, 0.4) is 0 Å². The summed E-state index contributed by atoms with van der Waals surface area (Å²) >= 11 is 0. The van der Waals surface area contributed by atoms with E-state index in [2.05, 4.69) is 21.1 Å². The van der Waals surface area contributed by atoms with Crippen molar-refractivity contribution in [3.8, 4) is 5.75 Å². The van der Waals surface area contributed by atoms with E-state index in [1.54, 1.807) is 30.3 Å². The van der Waals surface area contributed by atoms with Gasteiger partial charge in [-0.05, 0) is 23.6 Å². The number of amides is 1. The van der Waals surface area contributed by atoms with Gasteiger partial charge in [-0.25, -0.2) is 9.50 Å². The van der Waals surface area contributed by atoms with Crippen molar-refractivity contribution in [1.29, 1.82) is 0 Å². The maximum absolute atomic E-state index is 13.8. The van der Waals surface area contributed by atoms with Crippen LogP contribution in [0.5, 0.6) is 5.75 Å². The Kier molecular flexibility index (Phi) is 4.17. The Morgan fingerprint density at radius 1 is 1.12 bits per heavy atom. The highest BCUT2D eigenvalue weighted by Gasteiger charge is 2.36. The molecule has 0 spiro atoms. The lowest BCUT2D eigenvalue weighted by atomic mass is 9.97. The van der Waals surface area contributed by atoms with E-state index in [1.807, 2.05) is 47.5 Å². The fraction of sp³-hybridized carbons (Fsp3) is 0.167. The molecule has 1 atom stereocenters. The SMILES string of the molecule is COc1ccc2c(C(=O)N3CCc4[nH]cnc4[C@H]3c3cc4ccccc4cn3)cnn2c1. The number of pyridine rings is 2. The Morgan fingerprint density at radius 3 is 2.88 bits per heavy atom. The fourth-order valence-electron chi connectivity index (χ4n) is 4.45. The van der Waals surface area contributed by atoms with Gasteiger partial charge in [-0.3, -0.25) is 9.78 Å². The van der Waals surface area contributed by atoms with Crippen molar-refractivity contribution in [1.82, 2.24) is 29.5 Å².